The molecule has 0 saturated heterocycles. The molecule has 0 aliphatic rings. The summed E-state index contributed by atoms with van der Waals surface area (Å²) >= 11 is 0. The van der Waals surface area contributed by atoms with Gasteiger partial charge in [0.05, 0.1) is 26.4 Å². The molecule has 4 unspecified atom stereocenters. The Morgan fingerprint density at radius 3 is 0.747 bits per heavy atom. The van der Waals surface area contributed by atoms with Gasteiger partial charge in [-0.1, -0.05) is 331 Å². The molecule has 0 amide bonds. The topological polar surface area (TPSA) is 237 Å². The van der Waals surface area contributed by atoms with Crippen molar-refractivity contribution < 1.29 is 80.2 Å². The van der Waals surface area contributed by atoms with Crippen LogP contribution in [-0.4, -0.2) is 96.7 Å². The Morgan fingerprint density at radius 1 is 0.295 bits per heavy atom. The Kier molecular flexibility index (Phi) is 64.0. The van der Waals surface area contributed by atoms with Gasteiger partial charge >= 0.3 is 39.5 Å². The van der Waals surface area contributed by atoms with Crippen molar-refractivity contribution in [2.24, 2.45) is 23.7 Å². The number of unbranched alkanes of at least 4 members (excludes halogenated alkanes) is 38. The molecular weight excluding hydrogens is 1250 g/mol. The fraction of sp³-hybridized carbons (Fsp3) is 0.947. The maximum Gasteiger partial charge on any atom is 0.472 e. The van der Waals surface area contributed by atoms with Crippen molar-refractivity contribution >= 4 is 39.5 Å². The third kappa shape index (κ3) is 69.0. The Hall–Kier alpha value is -1.94. The lowest BCUT2D eigenvalue weighted by atomic mass is 9.99. The molecule has 564 valence electrons. The molecule has 0 aliphatic carbocycles. The van der Waals surface area contributed by atoms with E-state index in [2.05, 4.69) is 55.4 Å². The standard InChI is InChI=1S/C76H148O17P2/c1-9-69(8)55-47-39-31-25-27-35-43-51-59-76(81)93-72(63-87-74(79)57-49-41-33-26-24-30-38-46-54-68(6)7)65-91-95(84,85)89-61-70(77)60-88-94(82,83)90-64-71(92-75(80)58-50-42-34-23-19-15-17-21-29-37-45-53-67(4)5)62-86-73(78)56-48-40-32-22-18-14-12-10-11-13-16-20-28-36-44-52-66(2)3/h66-72,77H,9-65H2,1-8H3,(H,82,83)(H,84,85)/t69?,70?,71-,72-/m1/s1. The molecular formula is C76H148O17P2. The van der Waals surface area contributed by atoms with Gasteiger partial charge in [-0.25, -0.2) is 9.13 Å². The molecule has 0 bridgehead atoms. The molecule has 0 heterocycles. The van der Waals surface area contributed by atoms with Crippen molar-refractivity contribution in [2.75, 3.05) is 39.6 Å². The smallest absolute Gasteiger partial charge is 0.462 e. The zero-order chi connectivity index (χ0) is 70.3. The highest BCUT2D eigenvalue weighted by atomic mass is 31.2. The summed E-state index contributed by atoms with van der Waals surface area (Å²) in [7, 11) is -9.91. The molecule has 0 aliphatic heterocycles. The van der Waals surface area contributed by atoms with Gasteiger partial charge in [-0.05, 0) is 49.4 Å². The number of esters is 4. The lowest BCUT2D eigenvalue weighted by Crippen LogP contribution is -2.30. The maximum absolute atomic E-state index is 13.1. The van der Waals surface area contributed by atoms with Gasteiger partial charge in [0.2, 0.25) is 0 Å². The Balaban J connectivity index is 5.24. The largest absolute Gasteiger partial charge is 0.472 e. The number of ether oxygens (including phenoxy) is 4. The first-order valence-electron chi connectivity index (χ1n) is 39.2. The first-order chi connectivity index (χ1) is 45.6. The van der Waals surface area contributed by atoms with E-state index in [4.69, 9.17) is 37.0 Å². The number of carbonyl (C=O) groups is 4. The molecule has 0 rings (SSSR count). The average Bonchev–Trinajstić information content (AvgIpc) is 1.69. The second-order valence-corrected chi connectivity index (χ2v) is 32.0. The first kappa shape index (κ1) is 93.1. The monoisotopic (exact) mass is 1400 g/mol. The van der Waals surface area contributed by atoms with Crippen molar-refractivity contribution in [3.05, 3.63) is 0 Å². The van der Waals surface area contributed by atoms with Crippen LogP contribution in [0.4, 0.5) is 0 Å². The molecule has 19 heteroatoms. The summed E-state index contributed by atoms with van der Waals surface area (Å²) in [5, 5.41) is 10.6. The highest BCUT2D eigenvalue weighted by Gasteiger charge is 2.30. The number of hydrogen-bond acceptors (Lipinski definition) is 15. The van der Waals surface area contributed by atoms with Gasteiger partial charge in [0.25, 0.3) is 0 Å². The summed E-state index contributed by atoms with van der Waals surface area (Å²) in [6, 6.07) is 0. The van der Waals surface area contributed by atoms with Gasteiger partial charge in [0, 0.05) is 25.7 Å². The van der Waals surface area contributed by atoms with Crippen LogP contribution in [0.5, 0.6) is 0 Å². The SMILES string of the molecule is CCC(C)CCCCCCCCCCC(=O)O[C@H](COC(=O)CCCCCCCCCCC(C)C)COP(=O)(O)OCC(O)COP(=O)(O)OC[C@@H](COC(=O)CCCCCCCCCCCCCCCCCC(C)C)OC(=O)CCCCCCCCCCCCCC(C)C. The fourth-order valence-electron chi connectivity index (χ4n) is 11.5. The van der Waals surface area contributed by atoms with Crippen LogP contribution in [0.3, 0.4) is 0 Å². The number of aliphatic hydroxyl groups is 1. The number of aliphatic hydroxyl groups excluding tert-OH is 1. The number of carbonyl (C=O) groups excluding carboxylic acids is 4. The van der Waals surface area contributed by atoms with E-state index in [1.54, 1.807) is 0 Å². The van der Waals surface area contributed by atoms with Crippen molar-refractivity contribution in [2.45, 2.75) is 401 Å². The Bertz CT molecular complexity index is 1870. The molecule has 95 heavy (non-hydrogen) atoms. The third-order valence-corrected chi connectivity index (χ3v) is 19.8. The number of phosphoric ester groups is 2. The predicted molar refractivity (Wildman–Crippen MR) is 386 cm³/mol. The second-order valence-electron chi connectivity index (χ2n) is 29.1. The maximum atomic E-state index is 13.1. The summed E-state index contributed by atoms with van der Waals surface area (Å²) in [6.45, 7) is 14.2. The molecule has 0 spiro atoms. The van der Waals surface area contributed by atoms with Gasteiger partial charge in [-0.15, -0.1) is 0 Å². The Morgan fingerprint density at radius 2 is 0.505 bits per heavy atom. The van der Waals surface area contributed by atoms with Gasteiger partial charge < -0.3 is 33.8 Å². The van der Waals surface area contributed by atoms with E-state index < -0.39 is 97.5 Å². The normalized spacial score (nSPS) is 14.4. The summed E-state index contributed by atoms with van der Waals surface area (Å²) in [6.07, 6.45) is 49.9. The minimum atomic E-state index is -4.96. The van der Waals surface area contributed by atoms with E-state index in [1.165, 1.54) is 186 Å². The molecule has 0 radical (unpaired) electrons. The van der Waals surface area contributed by atoms with Crippen LogP contribution in [0.25, 0.3) is 0 Å². The Labute approximate surface area is 581 Å². The van der Waals surface area contributed by atoms with Crippen LogP contribution in [0.2, 0.25) is 0 Å². The second kappa shape index (κ2) is 65.4. The molecule has 0 aromatic rings. The number of phosphoric acid groups is 2. The number of hydrogen-bond donors (Lipinski definition) is 3. The van der Waals surface area contributed by atoms with Gasteiger partial charge in [0.1, 0.15) is 19.3 Å². The lowest BCUT2D eigenvalue weighted by Gasteiger charge is -2.21. The van der Waals surface area contributed by atoms with Crippen LogP contribution in [0.15, 0.2) is 0 Å². The minimum Gasteiger partial charge on any atom is -0.462 e. The van der Waals surface area contributed by atoms with E-state index >= 15 is 0 Å². The van der Waals surface area contributed by atoms with Crippen LogP contribution in [-0.2, 0) is 65.4 Å². The van der Waals surface area contributed by atoms with E-state index in [9.17, 15) is 43.2 Å². The van der Waals surface area contributed by atoms with Crippen molar-refractivity contribution in [3.8, 4) is 0 Å². The van der Waals surface area contributed by atoms with Gasteiger partial charge in [-0.2, -0.15) is 0 Å². The minimum absolute atomic E-state index is 0.104. The van der Waals surface area contributed by atoms with Crippen LogP contribution in [0.1, 0.15) is 383 Å². The fourth-order valence-corrected chi connectivity index (χ4v) is 13.1. The highest BCUT2D eigenvalue weighted by molar-refractivity contribution is 7.47. The highest BCUT2D eigenvalue weighted by Crippen LogP contribution is 2.45. The lowest BCUT2D eigenvalue weighted by molar-refractivity contribution is -0.161. The van der Waals surface area contributed by atoms with Crippen LogP contribution < -0.4 is 0 Å². The van der Waals surface area contributed by atoms with E-state index in [0.717, 1.165) is 114 Å². The molecule has 17 nitrogen and oxygen atoms in total. The summed E-state index contributed by atoms with van der Waals surface area (Å²) in [5.41, 5.74) is 0. The molecule has 0 aromatic heterocycles. The van der Waals surface area contributed by atoms with Gasteiger partial charge in [0.15, 0.2) is 12.2 Å². The average molecular weight is 1400 g/mol. The first-order valence-corrected chi connectivity index (χ1v) is 42.2. The van der Waals surface area contributed by atoms with Crippen molar-refractivity contribution in [1.82, 2.24) is 0 Å². The third-order valence-electron chi connectivity index (χ3n) is 17.9. The van der Waals surface area contributed by atoms with E-state index in [-0.39, 0.29) is 25.7 Å². The zero-order valence-electron chi connectivity index (χ0n) is 62.3. The van der Waals surface area contributed by atoms with Crippen LogP contribution in [0, 0.1) is 23.7 Å². The molecule has 3 N–H and O–H groups in total. The molecule has 0 fully saturated rings. The van der Waals surface area contributed by atoms with Gasteiger partial charge in [-0.3, -0.25) is 37.3 Å². The van der Waals surface area contributed by atoms with E-state index in [0.29, 0.717) is 25.7 Å². The molecule has 0 aromatic carbocycles. The van der Waals surface area contributed by atoms with E-state index in [1.807, 2.05) is 0 Å². The quantitative estimate of drug-likeness (QED) is 0.0222. The summed E-state index contributed by atoms with van der Waals surface area (Å²) < 4.78 is 68.5. The molecule has 0 saturated carbocycles. The van der Waals surface area contributed by atoms with Crippen molar-refractivity contribution in [1.29, 1.82) is 0 Å². The number of rotatable bonds is 73. The van der Waals surface area contributed by atoms with Crippen LogP contribution >= 0.6 is 15.6 Å². The zero-order valence-corrected chi connectivity index (χ0v) is 64.1. The summed E-state index contributed by atoms with van der Waals surface area (Å²) in [5.74, 6) is 0.945. The molecule has 6 atom stereocenters. The van der Waals surface area contributed by atoms with Crippen molar-refractivity contribution in [3.63, 3.8) is 0 Å². The predicted octanol–water partition coefficient (Wildman–Crippen LogP) is 22.0. The summed E-state index contributed by atoms with van der Waals surface area (Å²) in [4.78, 5) is 72.8.